The van der Waals surface area contributed by atoms with Gasteiger partial charge in [0.1, 0.15) is 0 Å². The lowest BCUT2D eigenvalue weighted by atomic mass is 10.1. The van der Waals surface area contributed by atoms with Gasteiger partial charge in [-0.25, -0.2) is 0 Å². The van der Waals surface area contributed by atoms with Gasteiger partial charge in [0, 0.05) is 17.1 Å². The highest BCUT2D eigenvalue weighted by atomic mass is 35.5. The molecule has 15 heavy (non-hydrogen) atoms. The molecule has 0 spiro atoms. The molecule has 2 nitrogen and oxygen atoms in total. The summed E-state index contributed by atoms with van der Waals surface area (Å²) in [7, 11) is 0. The van der Waals surface area contributed by atoms with Gasteiger partial charge in [-0.2, -0.15) is 5.26 Å². The SMILES string of the molecule is CC(CC#N)N[C@@H](C)c1ccc(Cl)cc1. The van der Waals surface area contributed by atoms with Crippen LogP contribution in [0.5, 0.6) is 0 Å². The molecule has 1 unspecified atom stereocenters. The number of nitrogens with one attached hydrogen (secondary N) is 1. The minimum absolute atomic E-state index is 0.209. The molecule has 1 rings (SSSR count). The highest BCUT2D eigenvalue weighted by Gasteiger charge is 2.08. The Labute approximate surface area is 95.9 Å². The van der Waals surface area contributed by atoms with Gasteiger partial charge >= 0.3 is 0 Å². The second-order valence-corrected chi connectivity index (χ2v) is 4.14. The fourth-order valence-corrected chi connectivity index (χ4v) is 1.60. The third-order valence-corrected chi connectivity index (χ3v) is 2.55. The first kappa shape index (κ1) is 12.0. The number of hydrogen-bond acceptors (Lipinski definition) is 2. The van der Waals surface area contributed by atoms with E-state index in [1.165, 1.54) is 5.56 Å². The minimum Gasteiger partial charge on any atom is -0.307 e. The zero-order valence-electron chi connectivity index (χ0n) is 9.00. The van der Waals surface area contributed by atoms with E-state index < -0.39 is 0 Å². The molecule has 0 saturated heterocycles. The Kier molecular flexibility index (Phi) is 4.61. The Bertz CT molecular complexity index is 340. The summed E-state index contributed by atoms with van der Waals surface area (Å²) in [6.45, 7) is 4.09. The van der Waals surface area contributed by atoms with E-state index in [0.717, 1.165) is 5.02 Å². The first-order chi connectivity index (χ1) is 7.13. The van der Waals surface area contributed by atoms with Crippen molar-refractivity contribution >= 4 is 11.6 Å². The predicted octanol–water partition coefficient (Wildman–Crippen LogP) is 3.29. The Balaban J connectivity index is 2.57. The molecule has 80 valence electrons. The van der Waals surface area contributed by atoms with Gasteiger partial charge in [-0.05, 0) is 31.5 Å². The van der Waals surface area contributed by atoms with E-state index in [1.54, 1.807) is 0 Å². The lowest BCUT2D eigenvalue weighted by Gasteiger charge is -2.18. The molecular weight excluding hydrogens is 208 g/mol. The Morgan fingerprint density at radius 1 is 1.33 bits per heavy atom. The van der Waals surface area contributed by atoms with Crippen molar-refractivity contribution in [2.45, 2.75) is 32.4 Å². The second kappa shape index (κ2) is 5.75. The maximum absolute atomic E-state index is 8.55. The summed E-state index contributed by atoms with van der Waals surface area (Å²) < 4.78 is 0. The summed E-state index contributed by atoms with van der Waals surface area (Å²) in [6, 6.07) is 10.4. The maximum Gasteiger partial charge on any atom is 0.0638 e. The standard InChI is InChI=1S/C12H15ClN2/c1-9(7-8-14)15-10(2)11-3-5-12(13)6-4-11/h3-6,9-10,15H,7H2,1-2H3/t9?,10-/m0/s1. The molecule has 0 radical (unpaired) electrons. The third kappa shape index (κ3) is 3.91. The van der Waals surface area contributed by atoms with Gasteiger partial charge in [0.15, 0.2) is 0 Å². The van der Waals surface area contributed by atoms with Crippen molar-refractivity contribution in [3.8, 4) is 6.07 Å². The van der Waals surface area contributed by atoms with Crippen LogP contribution in [-0.4, -0.2) is 6.04 Å². The summed E-state index contributed by atoms with van der Waals surface area (Å²) in [6.07, 6.45) is 0.526. The number of benzene rings is 1. The van der Waals surface area contributed by atoms with E-state index >= 15 is 0 Å². The van der Waals surface area contributed by atoms with E-state index in [2.05, 4.69) is 18.3 Å². The number of hydrogen-bond donors (Lipinski definition) is 1. The molecule has 0 saturated carbocycles. The first-order valence-corrected chi connectivity index (χ1v) is 5.39. The zero-order valence-corrected chi connectivity index (χ0v) is 9.75. The van der Waals surface area contributed by atoms with Crippen molar-refractivity contribution in [2.24, 2.45) is 0 Å². The largest absolute Gasteiger partial charge is 0.307 e. The number of rotatable bonds is 4. The van der Waals surface area contributed by atoms with Crippen molar-refractivity contribution < 1.29 is 0 Å². The topological polar surface area (TPSA) is 35.8 Å². The molecule has 0 aliphatic rings. The lowest BCUT2D eigenvalue weighted by Crippen LogP contribution is -2.28. The number of nitriles is 1. The van der Waals surface area contributed by atoms with Gasteiger partial charge in [-0.15, -0.1) is 0 Å². The second-order valence-electron chi connectivity index (χ2n) is 3.70. The van der Waals surface area contributed by atoms with Gasteiger partial charge in [0.05, 0.1) is 12.5 Å². The molecule has 1 N–H and O–H groups in total. The monoisotopic (exact) mass is 222 g/mol. The van der Waals surface area contributed by atoms with Crippen LogP contribution in [0.2, 0.25) is 5.02 Å². The van der Waals surface area contributed by atoms with E-state index in [1.807, 2.05) is 31.2 Å². The fraction of sp³-hybridized carbons (Fsp3) is 0.417. The van der Waals surface area contributed by atoms with Crippen molar-refractivity contribution in [3.05, 3.63) is 34.9 Å². The van der Waals surface area contributed by atoms with Crippen molar-refractivity contribution in [1.29, 1.82) is 5.26 Å². The average Bonchev–Trinajstić information content (AvgIpc) is 2.18. The molecule has 2 atom stereocenters. The van der Waals surface area contributed by atoms with E-state index in [4.69, 9.17) is 16.9 Å². The van der Waals surface area contributed by atoms with Crippen molar-refractivity contribution in [3.63, 3.8) is 0 Å². The maximum atomic E-state index is 8.55. The molecule has 1 aromatic carbocycles. The van der Waals surface area contributed by atoms with E-state index in [-0.39, 0.29) is 12.1 Å². The van der Waals surface area contributed by atoms with Gasteiger partial charge < -0.3 is 5.32 Å². The van der Waals surface area contributed by atoms with Crippen LogP contribution in [0.1, 0.15) is 31.9 Å². The van der Waals surface area contributed by atoms with Crippen LogP contribution < -0.4 is 5.32 Å². The quantitative estimate of drug-likeness (QED) is 0.849. The summed E-state index contributed by atoms with van der Waals surface area (Å²) in [4.78, 5) is 0. The van der Waals surface area contributed by atoms with Crippen LogP contribution in [0.3, 0.4) is 0 Å². The highest BCUT2D eigenvalue weighted by molar-refractivity contribution is 6.30. The molecule has 0 aromatic heterocycles. The van der Waals surface area contributed by atoms with Crippen LogP contribution in [0, 0.1) is 11.3 Å². The summed E-state index contributed by atoms with van der Waals surface area (Å²) in [5.74, 6) is 0. The molecule has 0 heterocycles. The van der Waals surface area contributed by atoms with Gasteiger partial charge in [-0.1, -0.05) is 23.7 Å². The van der Waals surface area contributed by atoms with Crippen LogP contribution >= 0.6 is 11.6 Å². The summed E-state index contributed by atoms with van der Waals surface area (Å²) >= 11 is 5.81. The van der Waals surface area contributed by atoms with Gasteiger partial charge in [0.25, 0.3) is 0 Å². The molecule has 0 bridgehead atoms. The Hall–Kier alpha value is -1.04. The average molecular weight is 223 g/mol. The van der Waals surface area contributed by atoms with Gasteiger partial charge in [0.2, 0.25) is 0 Å². The molecule has 0 amide bonds. The number of halogens is 1. The summed E-state index contributed by atoms with van der Waals surface area (Å²) in [5.41, 5.74) is 1.18. The van der Waals surface area contributed by atoms with Crippen LogP contribution in [0.15, 0.2) is 24.3 Å². The molecular formula is C12H15ClN2. The Morgan fingerprint density at radius 3 is 2.47 bits per heavy atom. The van der Waals surface area contributed by atoms with Crippen LogP contribution in [-0.2, 0) is 0 Å². The fourth-order valence-electron chi connectivity index (χ4n) is 1.47. The Morgan fingerprint density at radius 2 is 1.93 bits per heavy atom. The number of nitrogens with zero attached hydrogens (tertiary/aromatic N) is 1. The third-order valence-electron chi connectivity index (χ3n) is 2.30. The molecule has 0 fully saturated rings. The van der Waals surface area contributed by atoms with Crippen LogP contribution in [0.25, 0.3) is 0 Å². The first-order valence-electron chi connectivity index (χ1n) is 5.02. The molecule has 0 aliphatic carbocycles. The lowest BCUT2D eigenvalue weighted by molar-refractivity contribution is 0.485. The molecule has 0 aliphatic heterocycles. The molecule has 3 heteroatoms. The van der Waals surface area contributed by atoms with Crippen molar-refractivity contribution in [2.75, 3.05) is 0 Å². The predicted molar refractivity (Wildman–Crippen MR) is 62.7 cm³/mol. The summed E-state index contributed by atoms with van der Waals surface area (Å²) in [5, 5.41) is 12.6. The van der Waals surface area contributed by atoms with Gasteiger partial charge in [-0.3, -0.25) is 0 Å². The normalized spacial score (nSPS) is 14.3. The minimum atomic E-state index is 0.209. The van der Waals surface area contributed by atoms with E-state index in [9.17, 15) is 0 Å². The molecule has 1 aromatic rings. The zero-order chi connectivity index (χ0) is 11.3. The van der Waals surface area contributed by atoms with Crippen LogP contribution in [0.4, 0.5) is 0 Å². The highest BCUT2D eigenvalue weighted by Crippen LogP contribution is 2.16. The smallest absolute Gasteiger partial charge is 0.0638 e. The van der Waals surface area contributed by atoms with Crippen molar-refractivity contribution in [1.82, 2.24) is 5.32 Å². The van der Waals surface area contributed by atoms with E-state index in [0.29, 0.717) is 6.42 Å².